The van der Waals surface area contributed by atoms with Gasteiger partial charge >= 0.3 is 0 Å². The molecule has 17 heavy (non-hydrogen) atoms. The van der Waals surface area contributed by atoms with Crippen LogP contribution in [0.15, 0.2) is 0 Å². The second kappa shape index (κ2) is 5.52. The average Bonchev–Trinajstić information content (AvgIpc) is 2.81. The molecule has 0 fully saturated rings. The number of aromatic nitrogens is 4. The van der Waals surface area contributed by atoms with E-state index in [1.54, 1.807) is 23.0 Å². The Morgan fingerprint density at radius 3 is 3.00 bits per heavy atom. The quantitative estimate of drug-likeness (QED) is 0.830. The first-order chi connectivity index (χ1) is 8.24. The van der Waals surface area contributed by atoms with Crippen LogP contribution in [-0.2, 0) is 17.8 Å². The van der Waals surface area contributed by atoms with Crippen LogP contribution >= 0.6 is 11.3 Å². The van der Waals surface area contributed by atoms with Crippen molar-refractivity contribution in [3.8, 4) is 0 Å². The number of fused-ring (bicyclic) bond motifs is 1. The summed E-state index contributed by atoms with van der Waals surface area (Å²) in [4.78, 5) is 0.829. The third-order valence-electron chi connectivity index (χ3n) is 2.40. The third-order valence-corrected chi connectivity index (χ3v) is 3.33. The Kier molecular flexibility index (Phi) is 4.03. The first kappa shape index (κ1) is 12.4. The summed E-state index contributed by atoms with van der Waals surface area (Å²) >= 11 is 1.58. The molecular weight excluding hydrogens is 238 g/mol. The van der Waals surface area contributed by atoms with Crippen molar-refractivity contribution in [3.05, 3.63) is 10.8 Å². The summed E-state index contributed by atoms with van der Waals surface area (Å²) in [5.41, 5.74) is 0. The molecule has 0 aliphatic carbocycles. The summed E-state index contributed by atoms with van der Waals surface area (Å²) in [5, 5.41) is 17.0. The van der Waals surface area contributed by atoms with Crippen LogP contribution in [0, 0.1) is 0 Å². The van der Waals surface area contributed by atoms with E-state index in [1.165, 1.54) is 0 Å². The van der Waals surface area contributed by atoms with Gasteiger partial charge < -0.3 is 10.1 Å². The molecule has 94 valence electrons. The zero-order valence-corrected chi connectivity index (χ0v) is 11.1. The van der Waals surface area contributed by atoms with Crippen LogP contribution < -0.4 is 5.32 Å². The summed E-state index contributed by atoms with van der Waals surface area (Å²) in [5.74, 6) is 0.751. The van der Waals surface area contributed by atoms with Gasteiger partial charge in [0, 0.05) is 19.6 Å². The Morgan fingerprint density at radius 1 is 1.47 bits per heavy atom. The zero-order valence-electron chi connectivity index (χ0n) is 10.3. The number of methoxy groups -OCH3 is 1. The van der Waals surface area contributed by atoms with Gasteiger partial charge in [0.15, 0.2) is 5.82 Å². The summed E-state index contributed by atoms with van der Waals surface area (Å²) in [6.07, 6.45) is 0.911. The predicted octanol–water partition coefficient (Wildman–Crippen LogP) is 0.873. The molecule has 0 radical (unpaired) electrons. The van der Waals surface area contributed by atoms with E-state index < -0.39 is 0 Å². The first-order valence-corrected chi connectivity index (χ1v) is 6.48. The molecule has 1 unspecified atom stereocenters. The van der Waals surface area contributed by atoms with Crippen LogP contribution in [0.25, 0.3) is 4.96 Å². The Morgan fingerprint density at radius 2 is 2.29 bits per heavy atom. The van der Waals surface area contributed by atoms with Crippen molar-refractivity contribution in [1.82, 2.24) is 25.1 Å². The maximum atomic E-state index is 5.05. The standard InChI is InChI=1S/C10H17N5OS/c1-4-11-7(2)5-9-14-15-8(6-16-3)12-13-10(15)17-9/h7,11H,4-6H2,1-3H3. The lowest BCUT2D eigenvalue weighted by Gasteiger charge is -2.08. The van der Waals surface area contributed by atoms with Crippen molar-refractivity contribution in [2.75, 3.05) is 13.7 Å². The maximum absolute atomic E-state index is 5.05. The minimum Gasteiger partial charge on any atom is -0.377 e. The third kappa shape index (κ3) is 2.80. The van der Waals surface area contributed by atoms with Crippen LogP contribution in [-0.4, -0.2) is 39.5 Å². The molecule has 2 heterocycles. The van der Waals surface area contributed by atoms with Gasteiger partial charge in [-0.3, -0.25) is 0 Å². The van der Waals surface area contributed by atoms with E-state index in [4.69, 9.17) is 4.74 Å². The summed E-state index contributed by atoms with van der Waals surface area (Å²) < 4.78 is 6.82. The molecule has 7 heteroatoms. The highest BCUT2D eigenvalue weighted by atomic mass is 32.1. The smallest absolute Gasteiger partial charge is 0.234 e. The van der Waals surface area contributed by atoms with E-state index in [-0.39, 0.29) is 0 Å². The molecule has 0 saturated carbocycles. The zero-order chi connectivity index (χ0) is 12.3. The lowest BCUT2D eigenvalue weighted by atomic mass is 10.2. The fourth-order valence-corrected chi connectivity index (χ4v) is 2.66. The molecule has 0 aromatic carbocycles. The van der Waals surface area contributed by atoms with Gasteiger partial charge in [-0.15, -0.1) is 10.2 Å². The van der Waals surface area contributed by atoms with Gasteiger partial charge in [0.05, 0.1) is 0 Å². The van der Waals surface area contributed by atoms with Crippen LogP contribution in [0.4, 0.5) is 0 Å². The fraction of sp³-hybridized carbons (Fsp3) is 0.700. The molecule has 1 atom stereocenters. The highest BCUT2D eigenvalue weighted by Crippen LogP contribution is 2.15. The minimum atomic E-state index is 0.426. The average molecular weight is 255 g/mol. The molecule has 0 aliphatic heterocycles. The van der Waals surface area contributed by atoms with Crippen molar-refractivity contribution >= 4 is 16.3 Å². The lowest BCUT2D eigenvalue weighted by Crippen LogP contribution is -2.27. The van der Waals surface area contributed by atoms with Gasteiger partial charge in [-0.05, 0) is 13.5 Å². The molecule has 1 N–H and O–H groups in total. The first-order valence-electron chi connectivity index (χ1n) is 5.67. The van der Waals surface area contributed by atoms with Crippen molar-refractivity contribution in [3.63, 3.8) is 0 Å². The Balaban J connectivity index is 2.14. The van der Waals surface area contributed by atoms with Crippen molar-refractivity contribution < 1.29 is 4.74 Å². The highest BCUT2D eigenvalue weighted by molar-refractivity contribution is 7.16. The van der Waals surface area contributed by atoms with E-state index in [0.717, 1.165) is 28.8 Å². The minimum absolute atomic E-state index is 0.426. The van der Waals surface area contributed by atoms with Crippen LogP contribution in [0.5, 0.6) is 0 Å². The lowest BCUT2D eigenvalue weighted by molar-refractivity contribution is 0.176. The normalized spacial score (nSPS) is 13.4. The predicted molar refractivity (Wildman–Crippen MR) is 66.2 cm³/mol. The summed E-state index contributed by atoms with van der Waals surface area (Å²) in [7, 11) is 1.64. The summed E-state index contributed by atoms with van der Waals surface area (Å²) in [6.45, 7) is 5.67. The highest BCUT2D eigenvalue weighted by Gasteiger charge is 2.12. The molecule has 0 saturated heterocycles. The molecule has 0 aliphatic rings. The number of rotatable bonds is 6. The number of hydrogen-bond donors (Lipinski definition) is 1. The largest absolute Gasteiger partial charge is 0.377 e. The van der Waals surface area contributed by atoms with E-state index in [1.807, 2.05) is 0 Å². The van der Waals surface area contributed by atoms with Gasteiger partial charge in [0.25, 0.3) is 0 Å². The number of nitrogens with zero attached hydrogens (tertiary/aromatic N) is 4. The van der Waals surface area contributed by atoms with Gasteiger partial charge in [-0.2, -0.15) is 9.61 Å². The molecule has 2 aromatic rings. The van der Waals surface area contributed by atoms with E-state index in [0.29, 0.717) is 12.6 Å². The van der Waals surface area contributed by atoms with Crippen molar-refractivity contribution in [2.24, 2.45) is 0 Å². The van der Waals surface area contributed by atoms with Crippen LogP contribution in [0.1, 0.15) is 24.7 Å². The Hall–Kier alpha value is -1.05. The SMILES string of the molecule is CCNC(C)Cc1nn2c(COC)nnc2s1. The molecule has 2 aromatic heterocycles. The summed E-state index contributed by atoms with van der Waals surface area (Å²) in [6, 6.07) is 0.426. The van der Waals surface area contributed by atoms with Crippen LogP contribution in [0.2, 0.25) is 0 Å². The monoisotopic (exact) mass is 255 g/mol. The van der Waals surface area contributed by atoms with E-state index in [9.17, 15) is 0 Å². The van der Waals surface area contributed by atoms with Gasteiger partial charge in [-0.1, -0.05) is 18.3 Å². The van der Waals surface area contributed by atoms with Gasteiger partial charge in [0.1, 0.15) is 11.6 Å². The Bertz CT molecular complexity index is 480. The molecule has 0 bridgehead atoms. The molecule has 0 spiro atoms. The van der Waals surface area contributed by atoms with Gasteiger partial charge in [-0.25, -0.2) is 0 Å². The number of nitrogens with one attached hydrogen (secondary N) is 1. The fourth-order valence-electron chi connectivity index (χ4n) is 1.68. The van der Waals surface area contributed by atoms with E-state index in [2.05, 4.69) is 34.5 Å². The molecular formula is C10H17N5OS. The maximum Gasteiger partial charge on any atom is 0.234 e. The van der Waals surface area contributed by atoms with E-state index >= 15 is 0 Å². The second-order valence-electron chi connectivity index (χ2n) is 3.90. The molecule has 6 nitrogen and oxygen atoms in total. The number of ether oxygens (including phenoxy) is 1. The van der Waals surface area contributed by atoms with Crippen molar-refractivity contribution in [1.29, 1.82) is 0 Å². The molecule has 0 amide bonds. The second-order valence-corrected chi connectivity index (χ2v) is 4.94. The topological polar surface area (TPSA) is 64.3 Å². The van der Waals surface area contributed by atoms with Crippen LogP contribution in [0.3, 0.4) is 0 Å². The Labute approximate surface area is 104 Å². The number of likely N-dealkylation sites (N-methyl/N-ethyl adjacent to an activating group) is 1. The van der Waals surface area contributed by atoms with Gasteiger partial charge in [0.2, 0.25) is 4.96 Å². The number of hydrogen-bond acceptors (Lipinski definition) is 6. The molecule has 2 rings (SSSR count). The van der Waals surface area contributed by atoms with Crippen molar-refractivity contribution in [2.45, 2.75) is 32.9 Å².